The predicted octanol–water partition coefficient (Wildman–Crippen LogP) is 14.3. The van der Waals surface area contributed by atoms with E-state index in [2.05, 4.69) is 181 Å². The van der Waals surface area contributed by atoms with Crippen molar-refractivity contribution < 1.29 is 0 Å². The normalized spacial score (nSPS) is 17.7. The standard InChI is InChI=1S/C50H38N2S/c1-31-15-21-36(22-16-31)51-44-12-6-3-9-37(44)39-23-18-33(28-47(39)51)34-19-24-40-38-10-4-7-13-45(38)52(48(40)29-34)46-26-17-32(2)27-43(46)35-20-25-42-41-11-5-8-14-49(41)53-50(42)30-35/h3-15,18-32H,16-17H2,1-2H3. The maximum absolute atomic E-state index is 2.54. The molecule has 0 aliphatic heterocycles. The van der Waals surface area contributed by atoms with Gasteiger partial charge in [-0.25, -0.2) is 0 Å². The number of rotatable bonds is 4. The Bertz CT molecular complexity index is 3100. The Morgan fingerprint density at radius 1 is 0.491 bits per heavy atom. The lowest BCUT2D eigenvalue weighted by molar-refractivity contribution is 0.735. The highest BCUT2D eigenvalue weighted by molar-refractivity contribution is 7.25. The zero-order chi connectivity index (χ0) is 35.2. The summed E-state index contributed by atoms with van der Waals surface area (Å²) < 4.78 is 7.68. The molecule has 2 unspecified atom stereocenters. The van der Waals surface area contributed by atoms with Gasteiger partial charge in [-0.2, -0.15) is 0 Å². The predicted molar refractivity (Wildman–Crippen MR) is 230 cm³/mol. The molecule has 3 heterocycles. The minimum atomic E-state index is 0.464. The van der Waals surface area contributed by atoms with Gasteiger partial charge >= 0.3 is 0 Å². The van der Waals surface area contributed by atoms with Gasteiger partial charge in [0.05, 0.1) is 22.1 Å². The van der Waals surface area contributed by atoms with Crippen LogP contribution in [0.4, 0.5) is 0 Å². The van der Waals surface area contributed by atoms with Gasteiger partial charge in [0, 0.05) is 58.7 Å². The molecule has 2 nitrogen and oxygen atoms in total. The van der Waals surface area contributed by atoms with Crippen LogP contribution in [0.5, 0.6) is 0 Å². The topological polar surface area (TPSA) is 9.86 Å². The van der Waals surface area contributed by atoms with Crippen LogP contribution in [-0.2, 0) is 0 Å². The summed E-state index contributed by atoms with van der Waals surface area (Å²) in [7, 11) is 0. The fraction of sp³-hybridized carbons (Fsp3) is 0.120. The fourth-order valence-corrected chi connectivity index (χ4v) is 10.1. The quantitative estimate of drug-likeness (QED) is 0.173. The fourth-order valence-electron chi connectivity index (χ4n) is 8.91. The number of allylic oxidation sites excluding steroid dienone is 8. The zero-order valence-electron chi connectivity index (χ0n) is 29.9. The van der Waals surface area contributed by atoms with Crippen LogP contribution in [-0.4, -0.2) is 9.13 Å². The van der Waals surface area contributed by atoms with Crippen LogP contribution < -0.4 is 0 Å². The zero-order valence-corrected chi connectivity index (χ0v) is 30.7. The van der Waals surface area contributed by atoms with Gasteiger partial charge in [0.15, 0.2) is 0 Å². The molecule has 9 aromatic rings. The molecular formula is C50H38N2S. The van der Waals surface area contributed by atoms with Crippen LogP contribution in [0.25, 0.3) is 91.9 Å². The van der Waals surface area contributed by atoms with Gasteiger partial charge in [0.1, 0.15) is 0 Å². The summed E-state index contributed by atoms with van der Waals surface area (Å²) in [6.07, 6.45) is 14.1. The van der Waals surface area contributed by atoms with E-state index in [1.807, 2.05) is 11.3 Å². The molecule has 53 heavy (non-hydrogen) atoms. The lowest BCUT2D eigenvalue weighted by Gasteiger charge is -2.23. The number of benzene rings is 6. The van der Waals surface area contributed by atoms with Crippen molar-refractivity contribution in [3.05, 3.63) is 163 Å². The highest BCUT2D eigenvalue weighted by Crippen LogP contribution is 2.44. The number of thiophene rings is 1. The first-order chi connectivity index (χ1) is 26.1. The highest BCUT2D eigenvalue weighted by atomic mass is 32.1. The summed E-state index contributed by atoms with van der Waals surface area (Å²) in [6.45, 7) is 4.63. The largest absolute Gasteiger partial charge is 0.310 e. The summed E-state index contributed by atoms with van der Waals surface area (Å²) in [4.78, 5) is 0. The minimum Gasteiger partial charge on any atom is -0.310 e. The third-order valence-corrected chi connectivity index (χ3v) is 12.7. The van der Waals surface area contributed by atoms with Crippen LogP contribution in [0, 0.1) is 11.8 Å². The van der Waals surface area contributed by atoms with E-state index >= 15 is 0 Å². The van der Waals surface area contributed by atoms with Gasteiger partial charge in [-0.15, -0.1) is 11.3 Å². The Morgan fingerprint density at radius 2 is 1.06 bits per heavy atom. The van der Waals surface area contributed by atoms with Crippen molar-refractivity contribution in [3.63, 3.8) is 0 Å². The molecule has 0 fully saturated rings. The van der Waals surface area contributed by atoms with Crippen molar-refractivity contribution in [2.24, 2.45) is 11.8 Å². The first kappa shape index (κ1) is 30.7. The van der Waals surface area contributed by atoms with Crippen molar-refractivity contribution >= 4 is 92.1 Å². The van der Waals surface area contributed by atoms with Crippen LogP contribution in [0.15, 0.2) is 158 Å². The Morgan fingerprint density at radius 3 is 1.77 bits per heavy atom. The number of hydrogen-bond acceptors (Lipinski definition) is 1. The molecular weight excluding hydrogens is 661 g/mol. The molecule has 2 atom stereocenters. The summed E-state index contributed by atoms with van der Waals surface area (Å²) in [5.74, 6) is 1.03. The van der Waals surface area contributed by atoms with Crippen molar-refractivity contribution in [2.75, 3.05) is 0 Å². The molecule has 254 valence electrons. The molecule has 0 saturated heterocycles. The van der Waals surface area contributed by atoms with E-state index in [0.717, 1.165) is 12.8 Å². The van der Waals surface area contributed by atoms with Crippen molar-refractivity contribution in [3.8, 4) is 11.1 Å². The number of aromatic nitrogens is 2. The van der Waals surface area contributed by atoms with E-state index in [1.54, 1.807) is 0 Å². The Labute approximate surface area is 312 Å². The SMILES string of the molecule is CC1C=CC(n2c3ccccc3c3ccc(-c4ccc5c6ccccc6n(C6=CCC(C)C=C6c6ccc7c(c6)sc6ccccc67)c5c4)cc32)=CC1. The monoisotopic (exact) mass is 698 g/mol. The maximum Gasteiger partial charge on any atom is 0.0547 e. The van der Waals surface area contributed by atoms with E-state index < -0.39 is 0 Å². The van der Waals surface area contributed by atoms with Crippen molar-refractivity contribution in [1.82, 2.24) is 9.13 Å². The molecule has 3 aromatic heterocycles. The molecule has 3 heteroatoms. The number of para-hydroxylation sites is 2. The molecule has 0 spiro atoms. The van der Waals surface area contributed by atoms with Crippen LogP contribution in [0.2, 0.25) is 0 Å². The van der Waals surface area contributed by atoms with Crippen LogP contribution >= 0.6 is 11.3 Å². The molecule has 2 aliphatic rings. The number of nitrogens with zero attached hydrogens (tertiary/aromatic N) is 2. The second-order valence-electron chi connectivity index (χ2n) is 15.1. The third kappa shape index (κ3) is 4.77. The van der Waals surface area contributed by atoms with Gasteiger partial charge in [0.25, 0.3) is 0 Å². The van der Waals surface area contributed by atoms with Crippen molar-refractivity contribution in [1.29, 1.82) is 0 Å². The van der Waals surface area contributed by atoms with Gasteiger partial charge in [-0.3, -0.25) is 0 Å². The average molecular weight is 699 g/mol. The Balaban J connectivity index is 1.10. The summed E-state index contributed by atoms with van der Waals surface area (Å²) in [5, 5.41) is 7.84. The van der Waals surface area contributed by atoms with Gasteiger partial charge in [0.2, 0.25) is 0 Å². The average Bonchev–Trinajstić information content (AvgIpc) is 3.85. The Hall–Kier alpha value is -5.90. The second kappa shape index (κ2) is 11.8. The maximum atomic E-state index is 2.54. The summed E-state index contributed by atoms with van der Waals surface area (Å²) in [5.41, 5.74) is 12.6. The van der Waals surface area contributed by atoms with E-state index in [-0.39, 0.29) is 0 Å². The molecule has 2 aliphatic carbocycles. The molecule has 0 amide bonds. The first-order valence-corrected chi connectivity index (χ1v) is 19.7. The van der Waals surface area contributed by atoms with Crippen LogP contribution in [0.1, 0.15) is 32.3 Å². The van der Waals surface area contributed by atoms with Gasteiger partial charge < -0.3 is 9.13 Å². The number of hydrogen-bond donors (Lipinski definition) is 0. The molecule has 0 bridgehead atoms. The van der Waals surface area contributed by atoms with Gasteiger partial charge in [-0.05, 0) is 83.8 Å². The molecule has 0 N–H and O–H groups in total. The van der Waals surface area contributed by atoms with E-state index in [9.17, 15) is 0 Å². The van der Waals surface area contributed by atoms with Crippen molar-refractivity contribution in [2.45, 2.75) is 26.7 Å². The van der Waals surface area contributed by atoms with E-state index in [0.29, 0.717) is 11.8 Å². The third-order valence-electron chi connectivity index (χ3n) is 11.6. The summed E-state index contributed by atoms with van der Waals surface area (Å²) >= 11 is 1.89. The molecule has 0 radical (unpaired) electrons. The second-order valence-corrected chi connectivity index (χ2v) is 16.1. The first-order valence-electron chi connectivity index (χ1n) is 18.9. The Kier molecular flexibility index (Phi) is 6.84. The van der Waals surface area contributed by atoms with Gasteiger partial charge in [-0.1, -0.05) is 129 Å². The molecule has 11 rings (SSSR count). The molecule has 0 saturated carbocycles. The highest BCUT2D eigenvalue weighted by Gasteiger charge is 2.23. The van der Waals surface area contributed by atoms with E-state index in [1.165, 1.54) is 97.4 Å². The summed E-state index contributed by atoms with van der Waals surface area (Å²) in [6, 6.07) is 47.8. The smallest absolute Gasteiger partial charge is 0.0547 e. The molecule has 6 aromatic carbocycles. The lowest BCUT2D eigenvalue weighted by Crippen LogP contribution is -2.06. The number of fused-ring (bicyclic) bond motifs is 9. The minimum absolute atomic E-state index is 0.464. The van der Waals surface area contributed by atoms with E-state index in [4.69, 9.17) is 0 Å². The lowest BCUT2D eigenvalue weighted by atomic mass is 9.90. The van der Waals surface area contributed by atoms with Crippen LogP contribution in [0.3, 0.4) is 0 Å².